The standard InChI is InChI=1S/C24H31N3O4S2/c1-18-7-6-8-20(15-18)26-24(29)17-32-16-23(28)25-19-11-13-22(14-12-19)33(30,31)27(2)21-9-4-3-5-10-21/h6-8,11-15,21H,3-5,9-10,16-17H2,1-2H3,(H,25,28)(H,26,29). The smallest absolute Gasteiger partial charge is 0.243 e. The highest BCUT2D eigenvalue weighted by Gasteiger charge is 2.28. The monoisotopic (exact) mass is 489 g/mol. The number of thioether (sulfide) groups is 1. The normalized spacial score (nSPS) is 14.8. The lowest BCUT2D eigenvalue weighted by atomic mass is 9.96. The Morgan fingerprint density at radius 3 is 2.15 bits per heavy atom. The molecule has 1 aliphatic rings. The molecular formula is C24H31N3O4S2. The maximum atomic E-state index is 12.9. The first kappa shape index (κ1) is 25.3. The maximum Gasteiger partial charge on any atom is 0.243 e. The Labute approximate surface area is 200 Å². The molecule has 1 saturated carbocycles. The Morgan fingerprint density at radius 2 is 1.55 bits per heavy atom. The van der Waals surface area contributed by atoms with Crippen molar-refractivity contribution in [3.63, 3.8) is 0 Å². The molecule has 0 bridgehead atoms. The van der Waals surface area contributed by atoms with Gasteiger partial charge in [-0.3, -0.25) is 9.59 Å². The number of amides is 2. The first-order valence-electron chi connectivity index (χ1n) is 11.1. The summed E-state index contributed by atoms with van der Waals surface area (Å²) in [4.78, 5) is 24.5. The first-order valence-corrected chi connectivity index (χ1v) is 13.7. The Hall–Kier alpha value is -2.36. The zero-order chi connectivity index (χ0) is 23.8. The SMILES string of the molecule is Cc1cccc(NC(=O)CSCC(=O)Nc2ccc(S(=O)(=O)N(C)C3CCCCC3)cc2)c1. The van der Waals surface area contributed by atoms with Gasteiger partial charge in [-0.25, -0.2) is 8.42 Å². The van der Waals surface area contributed by atoms with Crippen LogP contribution in [0.2, 0.25) is 0 Å². The van der Waals surface area contributed by atoms with E-state index in [0.29, 0.717) is 5.69 Å². The predicted octanol–water partition coefficient (Wildman–Crippen LogP) is 4.26. The van der Waals surface area contributed by atoms with Crippen LogP contribution in [0.1, 0.15) is 37.7 Å². The fraction of sp³-hybridized carbons (Fsp3) is 0.417. The van der Waals surface area contributed by atoms with Crippen molar-refractivity contribution < 1.29 is 18.0 Å². The lowest BCUT2D eigenvalue weighted by Crippen LogP contribution is -2.38. The second-order valence-corrected chi connectivity index (χ2v) is 11.3. The average Bonchev–Trinajstić information content (AvgIpc) is 2.79. The molecule has 2 amide bonds. The lowest BCUT2D eigenvalue weighted by molar-refractivity contribution is -0.114. The highest BCUT2D eigenvalue weighted by molar-refractivity contribution is 8.00. The summed E-state index contributed by atoms with van der Waals surface area (Å²) in [5.74, 6) is -0.147. The van der Waals surface area contributed by atoms with E-state index in [2.05, 4.69) is 10.6 Å². The molecule has 1 fully saturated rings. The van der Waals surface area contributed by atoms with Crippen LogP contribution in [-0.4, -0.2) is 49.1 Å². The molecule has 2 N–H and O–H groups in total. The van der Waals surface area contributed by atoms with Crippen molar-refractivity contribution in [2.75, 3.05) is 29.2 Å². The van der Waals surface area contributed by atoms with Crippen molar-refractivity contribution in [2.45, 2.75) is 50.0 Å². The van der Waals surface area contributed by atoms with E-state index < -0.39 is 10.0 Å². The van der Waals surface area contributed by atoms with E-state index in [1.807, 2.05) is 31.2 Å². The van der Waals surface area contributed by atoms with Gasteiger partial charge < -0.3 is 10.6 Å². The van der Waals surface area contributed by atoms with Gasteiger partial charge in [0.05, 0.1) is 16.4 Å². The van der Waals surface area contributed by atoms with Crippen LogP contribution in [0.4, 0.5) is 11.4 Å². The Balaban J connectivity index is 1.46. The number of carbonyl (C=O) groups is 2. The number of rotatable bonds is 9. The van der Waals surface area contributed by atoms with E-state index in [4.69, 9.17) is 0 Å². The number of nitrogens with one attached hydrogen (secondary N) is 2. The van der Waals surface area contributed by atoms with Gasteiger partial charge in [0, 0.05) is 24.5 Å². The number of hydrogen-bond acceptors (Lipinski definition) is 5. The highest BCUT2D eigenvalue weighted by Crippen LogP contribution is 2.27. The van der Waals surface area contributed by atoms with Crippen LogP contribution in [0.5, 0.6) is 0 Å². The fourth-order valence-electron chi connectivity index (χ4n) is 3.87. The van der Waals surface area contributed by atoms with Gasteiger partial charge >= 0.3 is 0 Å². The zero-order valence-electron chi connectivity index (χ0n) is 19.0. The summed E-state index contributed by atoms with van der Waals surface area (Å²) in [5.41, 5.74) is 2.30. The third kappa shape index (κ3) is 7.31. The van der Waals surface area contributed by atoms with Gasteiger partial charge in [0.2, 0.25) is 21.8 Å². The number of sulfonamides is 1. The van der Waals surface area contributed by atoms with E-state index in [0.717, 1.165) is 43.4 Å². The van der Waals surface area contributed by atoms with E-state index in [1.54, 1.807) is 19.2 Å². The van der Waals surface area contributed by atoms with Crippen molar-refractivity contribution >= 4 is 45.0 Å². The molecular weight excluding hydrogens is 458 g/mol. The zero-order valence-corrected chi connectivity index (χ0v) is 20.7. The number of carbonyl (C=O) groups excluding carboxylic acids is 2. The summed E-state index contributed by atoms with van der Waals surface area (Å²) in [6.07, 6.45) is 5.06. The molecule has 9 heteroatoms. The molecule has 7 nitrogen and oxygen atoms in total. The molecule has 3 rings (SSSR count). The van der Waals surface area contributed by atoms with Crippen LogP contribution < -0.4 is 10.6 Å². The van der Waals surface area contributed by atoms with Crippen LogP contribution in [0.25, 0.3) is 0 Å². The van der Waals surface area contributed by atoms with E-state index in [-0.39, 0.29) is 34.3 Å². The van der Waals surface area contributed by atoms with Crippen LogP contribution in [0, 0.1) is 6.92 Å². The highest BCUT2D eigenvalue weighted by atomic mass is 32.2. The average molecular weight is 490 g/mol. The minimum atomic E-state index is -3.56. The van der Waals surface area contributed by atoms with Gasteiger partial charge in [0.1, 0.15) is 0 Å². The fourth-order valence-corrected chi connectivity index (χ4v) is 5.90. The molecule has 0 radical (unpaired) electrons. The molecule has 0 saturated heterocycles. The molecule has 178 valence electrons. The van der Waals surface area contributed by atoms with E-state index in [9.17, 15) is 18.0 Å². The molecule has 33 heavy (non-hydrogen) atoms. The molecule has 2 aromatic rings. The minimum Gasteiger partial charge on any atom is -0.325 e. The molecule has 2 aromatic carbocycles. The van der Waals surface area contributed by atoms with Gasteiger partial charge in [0.15, 0.2) is 0 Å². The molecule has 1 aliphatic carbocycles. The lowest BCUT2D eigenvalue weighted by Gasteiger charge is -2.30. The molecule has 0 aliphatic heterocycles. The Bertz CT molecular complexity index is 1070. The van der Waals surface area contributed by atoms with Gasteiger partial charge in [-0.1, -0.05) is 31.4 Å². The Kier molecular flexibility index (Phi) is 8.94. The third-order valence-electron chi connectivity index (χ3n) is 5.67. The van der Waals surface area contributed by atoms with Crippen LogP contribution >= 0.6 is 11.8 Å². The second-order valence-electron chi connectivity index (χ2n) is 8.30. The second kappa shape index (κ2) is 11.7. The van der Waals surface area contributed by atoms with Gasteiger partial charge in [0.25, 0.3) is 0 Å². The number of anilines is 2. The topological polar surface area (TPSA) is 95.6 Å². The minimum absolute atomic E-state index is 0.0447. The number of aryl methyl sites for hydroxylation is 1. The molecule has 0 spiro atoms. The summed E-state index contributed by atoms with van der Waals surface area (Å²) in [5, 5.41) is 5.55. The van der Waals surface area contributed by atoms with Crippen molar-refractivity contribution in [2.24, 2.45) is 0 Å². The van der Waals surface area contributed by atoms with Crippen molar-refractivity contribution in [1.29, 1.82) is 0 Å². The third-order valence-corrected chi connectivity index (χ3v) is 8.53. The number of nitrogens with zero attached hydrogens (tertiary/aromatic N) is 1. The van der Waals surface area contributed by atoms with Crippen LogP contribution in [0.15, 0.2) is 53.4 Å². The molecule has 0 heterocycles. The summed E-state index contributed by atoms with van der Waals surface area (Å²) in [6, 6.07) is 13.8. The van der Waals surface area contributed by atoms with Crippen molar-refractivity contribution in [1.82, 2.24) is 4.31 Å². The molecule has 0 atom stereocenters. The number of hydrogen-bond donors (Lipinski definition) is 2. The Morgan fingerprint density at radius 1 is 0.939 bits per heavy atom. The van der Waals surface area contributed by atoms with E-state index in [1.165, 1.54) is 28.2 Å². The number of benzene rings is 2. The van der Waals surface area contributed by atoms with Gasteiger partial charge in [-0.2, -0.15) is 4.31 Å². The quantitative estimate of drug-likeness (QED) is 0.549. The molecule has 0 unspecified atom stereocenters. The van der Waals surface area contributed by atoms with Gasteiger partial charge in [-0.05, 0) is 61.7 Å². The van der Waals surface area contributed by atoms with Gasteiger partial charge in [-0.15, -0.1) is 11.8 Å². The van der Waals surface area contributed by atoms with Crippen molar-refractivity contribution in [3.05, 3.63) is 54.1 Å². The van der Waals surface area contributed by atoms with Crippen molar-refractivity contribution in [3.8, 4) is 0 Å². The van der Waals surface area contributed by atoms with Crippen LogP contribution in [-0.2, 0) is 19.6 Å². The maximum absolute atomic E-state index is 12.9. The van der Waals surface area contributed by atoms with Crippen LogP contribution in [0.3, 0.4) is 0 Å². The first-order chi connectivity index (χ1) is 15.8. The summed E-state index contributed by atoms with van der Waals surface area (Å²) < 4.78 is 27.3. The van der Waals surface area contributed by atoms with E-state index >= 15 is 0 Å². The molecule has 0 aromatic heterocycles. The largest absolute Gasteiger partial charge is 0.325 e. The summed E-state index contributed by atoms with van der Waals surface area (Å²) in [7, 11) is -1.92. The summed E-state index contributed by atoms with van der Waals surface area (Å²) >= 11 is 1.21. The summed E-state index contributed by atoms with van der Waals surface area (Å²) in [6.45, 7) is 1.95. The predicted molar refractivity (Wildman–Crippen MR) is 134 cm³/mol.